The number of aromatic nitrogens is 2. The van der Waals surface area contributed by atoms with Gasteiger partial charge in [-0.25, -0.2) is 17.8 Å². The topological polar surface area (TPSA) is 136 Å². The summed E-state index contributed by atoms with van der Waals surface area (Å²) in [6, 6.07) is 2.00. The molecular formula is C17H26ClFN6O2S2. The van der Waals surface area contributed by atoms with Crippen molar-refractivity contribution in [1.29, 1.82) is 0 Å². The first-order valence-electron chi connectivity index (χ1n) is 8.93. The fourth-order valence-electron chi connectivity index (χ4n) is 2.74. The highest BCUT2D eigenvalue weighted by molar-refractivity contribution is 7.93. The second-order valence-corrected chi connectivity index (χ2v) is 10.5. The average molecular weight is 465 g/mol. The number of nitrogens with two attached hydrogens (primary N) is 2. The van der Waals surface area contributed by atoms with E-state index in [1.165, 1.54) is 6.33 Å². The number of sulfonamides is 1. The molecule has 0 saturated carbocycles. The molecule has 0 bridgehead atoms. The van der Waals surface area contributed by atoms with Gasteiger partial charge in [0.25, 0.3) is 10.0 Å². The highest BCUT2D eigenvalue weighted by atomic mass is 35.5. The standard InChI is InChI=1S/C17H26ClFN6O2S2/c1-10(21)11(6-17(2,3)8-20)7-22-14-5-13(19)15(4-12(14)18)29(26,27)25-16-23-9-24-28-16/h4-5,9-11,22H,6-8,20-21H2,1-3H3,(H,23,24,25)/t10-,11?/m1/s1. The van der Waals surface area contributed by atoms with Crippen LogP contribution in [0, 0.1) is 17.2 Å². The summed E-state index contributed by atoms with van der Waals surface area (Å²) in [5, 5.41) is 3.18. The van der Waals surface area contributed by atoms with Crippen molar-refractivity contribution in [2.45, 2.75) is 38.1 Å². The van der Waals surface area contributed by atoms with Gasteiger partial charge in [-0.3, -0.25) is 4.72 Å². The van der Waals surface area contributed by atoms with Crippen LogP contribution in [-0.2, 0) is 10.0 Å². The van der Waals surface area contributed by atoms with Gasteiger partial charge in [-0.2, -0.15) is 4.37 Å². The molecule has 0 amide bonds. The van der Waals surface area contributed by atoms with E-state index in [2.05, 4.69) is 33.2 Å². The van der Waals surface area contributed by atoms with Crippen molar-refractivity contribution in [3.8, 4) is 0 Å². The van der Waals surface area contributed by atoms with E-state index in [0.717, 1.165) is 30.1 Å². The van der Waals surface area contributed by atoms with E-state index in [0.29, 0.717) is 13.1 Å². The summed E-state index contributed by atoms with van der Waals surface area (Å²) < 4.78 is 45.3. The van der Waals surface area contributed by atoms with Crippen LogP contribution in [0.5, 0.6) is 0 Å². The second kappa shape index (κ2) is 9.52. The van der Waals surface area contributed by atoms with Gasteiger partial charge in [0.05, 0.1) is 10.7 Å². The molecule has 0 fully saturated rings. The lowest BCUT2D eigenvalue weighted by Crippen LogP contribution is -2.37. The van der Waals surface area contributed by atoms with Crippen molar-refractivity contribution < 1.29 is 12.8 Å². The van der Waals surface area contributed by atoms with Gasteiger partial charge in [0, 0.05) is 24.1 Å². The zero-order valence-corrected chi connectivity index (χ0v) is 18.8. The Hall–Kier alpha value is -1.53. The van der Waals surface area contributed by atoms with Crippen LogP contribution in [0.15, 0.2) is 23.4 Å². The molecule has 0 spiro atoms. The minimum atomic E-state index is -4.19. The van der Waals surface area contributed by atoms with E-state index in [-0.39, 0.29) is 33.2 Å². The normalized spacial score (nSPS) is 14.4. The molecule has 2 atom stereocenters. The number of nitrogens with one attached hydrogen (secondary N) is 2. The number of anilines is 2. The molecule has 29 heavy (non-hydrogen) atoms. The molecule has 162 valence electrons. The first kappa shape index (κ1) is 23.7. The van der Waals surface area contributed by atoms with Crippen LogP contribution in [0.3, 0.4) is 0 Å². The Morgan fingerprint density at radius 3 is 2.62 bits per heavy atom. The van der Waals surface area contributed by atoms with Crippen molar-refractivity contribution in [2.75, 3.05) is 23.1 Å². The minimum Gasteiger partial charge on any atom is -0.383 e. The van der Waals surface area contributed by atoms with E-state index < -0.39 is 20.7 Å². The summed E-state index contributed by atoms with van der Waals surface area (Å²) in [7, 11) is -4.19. The highest BCUT2D eigenvalue weighted by Gasteiger charge is 2.26. The Balaban J connectivity index is 2.18. The van der Waals surface area contributed by atoms with Gasteiger partial charge >= 0.3 is 0 Å². The van der Waals surface area contributed by atoms with E-state index in [1.54, 1.807) is 0 Å². The molecule has 0 radical (unpaired) electrons. The smallest absolute Gasteiger partial charge is 0.266 e. The first-order valence-corrected chi connectivity index (χ1v) is 11.6. The van der Waals surface area contributed by atoms with Gasteiger partial charge in [0.2, 0.25) is 5.13 Å². The molecule has 0 aliphatic rings. The van der Waals surface area contributed by atoms with Crippen LogP contribution in [0.25, 0.3) is 0 Å². The summed E-state index contributed by atoms with van der Waals surface area (Å²) in [5.41, 5.74) is 12.1. The fraction of sp³-hybridized carbons (Fsp3) is 0.529. The molecule has 0 aliphatic heterocycles. The number of halogens is 2. The lowest BCUT2D eigenvalue weighted by atomic mass is 9.80. The Labute approximate surface area is 179 Å². The molecule has 12 heteroatoms. The van der Waals surface area contributed by atoms with Crippen molar-refractivity contribution >= 4 is 44.0 Å². The van der Waals surface area contributed by atoms with Crippen LogP contribution in [0.4, 0.5) is 15.2 Å². The van der Waals surface area contributed by atoms with Crippen LogP contribution in [0.1, 0.15) is 27.2 Å². The summed E-state index contributed by atoms with van der Waals surface area (Å²) in [6.45, 7) is 6.96. The third kappa shape index (κ3) is 6.48. The van der Waals surface area contributed by atoms with Crippen molar-refractivity contribution in [3.63, 3.8) is 0 Å². The number of hydrogen-bond donors (Lipinski definition) is 4. The quantitative estimate of drug-likeness (QED) is 0.424. The van der Waals surface area contributed by atoms with E-state index in [1.807, 2.05) is 6.92 Å². The zero-order valence-electron chi connectivity index (χ0n) is 16.4. The first-order chi connectivity index (χ1) is 13.4. The lowest BCUT2D eigenvalue weighted by molar-refractivity contribution is 0.261. The summed E-state index contributed by atoms with van der Waals surface area (Å²) in [6.07, 6.45) is 1.96. The van der Waals surface area contributed by atoms with E-state index in [9.17, 15) is 12.8 Å². The van der Waals surface area contributed by atoms with Crippen LogP contribution >= 0.6 is 23.1 Å². The zero-order chi connectivity index (χ0) is 21.8. The minimum absolute atomic E-state index is 0.0324. The monoisotopic (exact) mass is 464 g/mol. The maximum absolute atomic E-state index is 14.6. The molecule has 1 aromatic carbocycles. The Kier molecular flexibility index (Phi) is 7.80. The molecule has 2 rings (SSSR count). The predicted octanol–water partition coefficient (Wildman–Crippen LogP) is 2.88. The lowest BCUT2D eigenvalue weighted by Gasteiger charge is -2.31. The Morgan fingerprint density at radius 2 is 2.07 bits per heavy atom. The molecule has 6 N–H and O–H groups in total. The Bertz CT molecular complexity index is 922. The average Bonchev–Trinajstić information content (AvgIpc) is 3.12. The maximum Gasteiger partial charge on any atom is 0.266 e. The van der Waals surface area contributed by atoms with Gasteiger partial charge < -0.3 is 16.8 Å². The second-order valence-electron chi connectivity index (χ2n) is 7.69. The summed E-state index contributed by atoms with van der Waals surface area (Å²) in [4.78, 5) is 3.15. The summed E-state index contributed by atoms with van der Waals surface area (Å²) in [5.74, 6) is -0.872. The third-order valence-corrected chi connectivity index (χ3v) is 6.94. The molecule has 8 nitrogen and oxygen atoms in total. The third-order valence-electron chi connectivity index (χ3n) is 4.56. The van der Waals surface area contributed by atoms with Crippen LogP contribution < -0.4 is 21.5 Å². The predicted molar refractivity (Wildman–Crippen MR) is 115 cm³/mol. The van der Waals surface area contributed by atoms with Crippen molar-refractivity contribution in [1.82, 2.24) is 9.36 Å². The summed E-state index contributed by atoms with van der Waals surface area (Å²) >= 11 is 7.05. The SMILES string of the molecule is C[C@@H](N)C(CNc1cc(F)c(S(=O)(=O)Nc2ncns2)cc1Cl)CC(C)(C)CN. The van der Waals surface area contributed by atoms with E-state index >= 15 is 0 Å². The van der Waals surface area contributed by atoms with Crippen molar-refractivity contribution in [3.05, 3.63) is 29.3 Å². The Morgan fingerprint density at radius 1 is 1.38 bits per heavy atom. The van der Waals surface area contributed by atoms with Crippen LogP contribution in [0.2, 0.25) is 5.02 Å². The highest BCUT2D eigenvalue weighted by Crippen LogP contribution is 2.31. The molecule has 1 aromatic heterocycles. The van der Waals surface area contributed by atoms with Gasteiger partial charge in [0.15, 0.2) is 0 Å². The molecule has 0 aliphatic carbocycles. The molecule has 1 heterocycles. The number of hydrogen-bond acceptors (Lipinski definition) is 8. The molecule has 1 unspecified atom stereocenters. The largest absolute Gasteiger partial charge is 0.383 e. The fourth-order valence-corrected chi connectivity index (χ4v) is 4.78. The number of rotatable bonds is 10. The molecular weight excluding hydrogens is 439 g/mol. The molecule has 0 saturated heterocycles. The van der Waals surface area contributed by atoms with Gasteiger partial charge in [-0.1, -0.05) is 25.4 Å². The van der Waals surface area contributed by atoms with E-state index in [4.69, 9.17) is 23.1 Å². The number of nitrogens with zero attached hydrogens (tertiary/aromatic N) is 2. The number of benzene rings is 1. The van der Waals surface area contributed by atoms with Gasteiger partial charge in [-0.05, 0) is 43.4 Å². The molecule has 2 aromatic rings. The maximum atomic E-state index is 14.6. The van der Waals surface area contributed by atoms with Gasteiger partial charge in [-0.15, -0.1) is 0 Å². The van der Waals surface area contributed by atoms with Crippen molar-refractivity contribution in [2.24, 2.45) is 22.8 Å². The van der Waals surface area contributed by atoms with Gasteiger partial charge in [0.1, 0.15) is 17.0 Å². The van der Waals surface area contributed by atoms with Crippen LogP contribution in [-0.4, -0.2) is 36.9 Å².